The lowest BCUT2D eigenvalue weighted by molar-refractivity contribution is -0.870. The summed E-state index contributed by atoms with van der Waals surface area (Å²) in [6, 6.07) is -0.810. The Balaban J connectivity index is 4.17. The van der Waals surface area contributed by atoms with E-state index >= 15 is 0 Å². The van der Waals surface area contributed by atoms with E-state index in [9.17, 15) is 19.4 Å². The van der Waals surface area contributed by atoms with Crippen molar-refractivity contribution in [2.75, 3.05) is 40.9 Å². The van der Waals surface area contributed by atoms with Crippen molar-refractivity contribution in [1.29, 1.82) is 0 Å². The fraction of sp³-hybridized carbons (Fsp3) is 0.762. The molecule has 0 saturated heterocycles. The first-order valence-electron chi connectivity index (χ1n) is 29.9. The van der Waals surface area contributed by atoms with Crippen molar-refractivity contribution >= 4 is 13.7 Å². The molecule has 0 aromatic carbocycles. The number of likely N-dealkylation sites (N-methyl/N-ethyl adjacent to an activating group) is 1. The highest BCUT2D eigenvalue weighted by Gasteiger charge is 2.24. The zero-order valence-corrected chi connectivity index (χ0v) is 48.5. The van der Waals surface area contributed by atoms with E-state index in [1.807, 2.05) is 21.1 Å². The second-order valence-electron chi connectivity index (χ2n) is 21.3. The number of aliphatic hydroxyl groups excluding tert-OH is 1. The monoisotopic (exact) mass is 1030 g/mol. The Hall–Kier alpha value is -2.32. The Kier molecular flexibility index (Phi) is 51.8. The number of carbonyl (C=O) groups excluding carboxylic acids is 1. The summed E-state index contributed by atoms with van der Waals surface area (Å²) in [7, 11) is 1.30. The number of nitrogens with one attached hydrogen (secondary N) is 1. The highest BCUT2D eigenvalue weighted by molar-refractivity contribution is 7.45. The van der Waals surface area contributed by atoms with Crippen molar-refractivity contribution in [3.63, 3.8) is 0 Å². The fourth-order valence-corrected chi connectivity index (χ4v) is 9.22. The highest BCUT2D eigenvalue weighted by Crippen LogP contribution is 2.38. The summed E-state index contributed by atoms with van der Waals surface area (Å²) in [5, 5.41) is 14.0. The second-order valence-corrected chi connectivity index (χ2v) is 22.7. The summed E-state index contributed by atoms with van der Waals surface area (Å²) in [4.78, 5) is 25.6. The largest absolute Gasteiger partial charge is 0.756 e. The van der Waals surface area contributed by atoms with Gasteiger partial charge in [-0.3, -0.25) is 9.36 Å². The molecule has 8 nitrogen and oxygen atoms in total. The summed E-state index contributed by atoms with van der Waals surface area (Å²) in [5.41, 5.74) is 0. The second kappa shape index (κ2) is 53.5. The van der Waals surface area contributed by atoms with E-state index in [2.05, 4.69) is 104 Å². The average Bonchev–Trinajstić information content (AvgIpc) is 3.34. The number of quaternary nitrogens is 1. The van der Waals surface area contributed by atoms with Crippen molar-refractivity contribution in [3.05, 3.63) is 85.1 Å². The van der Waals surface area contributed by atoms with Gasteiger partial charge in [-0.05, 0) is 70.6 Å². The maximum atomic E-state index is 13.0. The number of aliphatic hydroxyl groups is 1. The smallest absolute Gasteiger partial charge is 0.268 e. The summed E-state index contributed by atoms with van der Waals surface area (Å²) < 4.78 is 23.4. The first-order chi connectivity index (χ1) is 35.0. The zero-order valence-electron chi connectivity index (χ0n) is 47.6. The van der Waals surface area contributed by atoms with Crippen LogP contribution in [0.2, 0.25) is 0 Å². The molecule has 0 aliphatic rings. The summed E-state index contributed by atoms with van der Waals surface area (Å²) in [6.07, 6.45) is 74.7. The van der Waals surface area contributed by atoms with Gasteiger partial charge in [0.25, 0.3) is 7.82 Å². The van der Waals surface area contributed by atoms with Crippen molar-refractivity contribution in [2.45, 2.75) is 270 Å². The van der Waals surface area contributed by atoms with Gasteiger partial charge in [0, 0.05) is 6.42 Å². The van der Waals surface area contributed by atoms with Crippen LogP contribution in [0.25, 0.3) is 0 Å². The maximum absolute atomic E-state index is 13.0. The Labute approximate surface area is 446 Å². The number of unbranched alkanes of at least 4 members (excludes halogenated alkanes) is 27. The first kappa shape index (κ1) is 69.7. The predicted molar refractivity (Wildman–Crippen MR) is 311 cm³/mol. The van der Waals surface area contributed by atoms with Crippen LogP contribution in [-0.4, -0.2) is 68.5 Å². The third kappa shape index (κ3) is 55.4. The Morgan fingerprint density at radius 3 is 1.24 bits per heavy atom. The van der Waals surface area contributed by atoms with E-state index in [0.29, 0.717) is 23.9 Å². The van der Waals surface area contributed by atoms with Crippen molar-refractivity contribution in [1.82, 2.24) is 5.32 Å². The van der Waals surface area contributed by atoms with Crippen LogP contribution in [0, 0.1) is 0 Å². The predicted octanol–water partition coefficient (Wildman–Crippen LogP) is 17.8. The third-order valence-corrected chi connectivity index (χ3v) is 14.1. The molecule has 0 saturated carbocycles. The molecule has 0 spiro atoms. The number of rotatable bonds is 54. The molecule has 0 aromatic rings. The lowest BCUT2D eigenvalue weighted by Gasteiger charge is -2.30. The van der Waals surface area contributed by atoms with Gasteiger partial charge in [0.05, 0.1) is 39.9 Å². The molecule has 3 unspecified atom stereocenters. The van der Waals surface area contributed by atoms with E-state index in [0.717, 1.165) is 89.9 Å². The number of phosphoric ester groups is 1. The van der Waals surface area contributed by atoms with Gasteiger partial charge in [-0.1, -0.05) is 266 Å². The molecule has 0 bridgehead atoms. The van der Waals surface area contributed by atoms with Crippen molar-refractivity contribution in [2.24, 2.45) is 0 Å². The molecule has 0 heterocycles. The van der Waals surface area contributed by atoms with E-state index in [1.165, 1.54) is 141 Å². The van der Waals surface area contributed by atoms with Crippen LogP contribution >= 0.6 is 7.82 Å². The number of carbonyl (C=O) groups is 1. The molecule has 72 heavy (non-hydrogen) atoms. The number of hydrogen-bond donors (Lipinski definition) is 2. The van der Waals surface area contributed by atoms with Crippen molar-refractivity contribution < 1.29 is 32.9 Å². The van der Waals surface area contributed by atoms with E-state index in [4.69, 9.17) is 9.05 Å². The van der Waals surface area contributed by atoms with Crippen LogP contribution in [-0.2, 0) is 18.4 Å². The molecule has 0 fully saturated rings. The Bertz CT molecular complexity index is 1450. The lowest BCUT2D eigenvalue weighted by atomic mass is 10.0. The number of hydrogen-bond acceptors (Lipinski definition) is 6. The highest BCUT2D eigenvalue weighted by atomic mass is 31.2. The summed E-state index contributed by atoms with van der Waals surface area (Å²) >= 11 is 0. The van der Waals surface area contributed by atoms with Crippen LogP contribution in [0.3, 0.4) is 0 Å². The minimum absolute atomic E-state index is 0.00759. The molecule has 9 heteroatoms. The SMILES string of the molecule is CC/C=C\C/C=C\C/C=C\C/C=C\C/C=C\C/C=C\C/C=C\CCCCCCCCCCCC(=O)NC(COP(=O)([O-])OCC[N+](C)(C)C)C(O)CCCCCCCCCCCCCCCCCCCCC. The summed E-state index contributed by atoms with van der Waals surface area (Å²) in [6.45, 7) is 4.62. The molecule has 0 aromatic heterocycles. The van der Waals surface area contributed by atoms with Gasteiger partial charge < -0.3 is 28.8 Å². The maximum Gasteiger partial charge on any atom is 0.268 e. The number of allylic oxidation sites excluding steroid dienone is 14. The topological polar surface area (TPSA) is 108 Å². The normalized spacial score (nSPS) is 14.5. The third-order valence-electron chi connectivity index (χ3n) is 13.1. The molecular weight excluding hydrogens is 912 g/mol. The molecule has 0 radical (unpaired) electrons. The minimum Gasteiger partial charge on any atom is -0.756 e. The van der Waals surface area contributed by atoms with E-state index in [1.54, 1.807) is 0 Å². The van der Waals surface area contributed by atoms with E-state index in [-0.39, 0.29) is 19.1 Å². The minimum atomic E-state index is -4.58. The van der Waals surface area contributed by atoms with Gasteiger partial charge in [-0.15, -0.1) is 0 Å². The first-order valence-corrected chi connectivity index (χ1v) is 31.4. The van der Waals surface area contributed by atoms with Crippen LogP contribution in [0.15, 0.2) is 85.1 Å². The van der Waals surface area contributed by atoms with E-state index < -0.39 is 20.0 Å². The molecule has 0 rings (SSSR count). The molecule has 418 valence electrons. The molecule has 2 N–H and O–H groups in total. The van der Waals surface area contributed by atoms with Gasteiger partial charge >= 0.3 is 0 Å². The fourth-order valence-electron chi connectivity index (χ4n) is 8.49. The van der Waals surface area contributed by atoms with Crippen LogP contribution in [0.1, 0.15) is 258 Å². The van der Waals surface area contributed by atoms with Gasteiger partial charge in [-0.25, -0.2) is 0 Å². The summed E-state index contributed by atoms with van der Waals surface area (Å²) in [5.74, 6) is -0.172. The van der Waals surface area contributed by atoms with Gasteiger partial charge in [0.15, 0.2) is 0 Å². The molecule has 3 atom stereocenters. The molecule has 1 amide bonds. The molecule has 0 aliphatic heterocycles. The lowest BCUT2D eigenvalue weighted by Crippen LogP contribution is -2.46. The van der Waals surface area contributed by atoms with Crippen LogP contribution in [0.4, 0.5) is 0 Å². The number of phosphoric acid groups is 1. The van der Waals surface area contributed by atoms with Crippen LogP contribution < -0.4 is 10.2 Å². The standard InChI is InChI=1S/C63H115N2O6P/c1-6-8-10-12-14-16-18-20-22-24-26-27-28-29-30-31-32-33-34-35-36-37-39-41-43-45-47-49-51-53-55-57-63(67)64-61(60-71-72(68,69)70-59-58-65(3,4)5)62(66)56-54-52-50-48-46-44-42-40-38-25-23-21-19-17-15-13-11-9-7-2/h8,10,14,16,20,22,26-27,29-30,32-33,35-36,61-62,66H,6-7,9,11-13,15,17-19,21,23-25,28,31,34,37-60H2,1-5H3,(H-,64,67,68,69)/b10-8-,16-14-,22-20-,27-26-,30-29-,33-32-,36-35-. The zero-order chi connectivity index (χ0) is 52.7. The molecular formula is C63H115N2O6P. The molecule has 0 aliphatic carbocycles. The Morgan fingerprint density at radius 2 is 0.847 bits per heavy atom. The van der Waals surface area contributed by atoms with Gasteiger partial charge in [0.2, 0.25) is 5.91 Å². The van der Waals surface area contributed by atoms with Crippen molar-refractivity contribution in [3.8, 4) is 0 Å². The average molecular weight is 1030 g/mol. The quantitative estimate of drug-likeness (QED) is 0.0272. The number of amides is 1. The van der Waals surface area contributed by atoms with Crippen LogP contribution in [0.5, 0.6) is 0 Å². The number of nitrogens with zero attached hydrogens (tertiary/aromatic N) is 1. The Morgan fingerprint density at radius 1 is 0.500 bits per heavy atom. The van der Waals surface area contributed by atoms with Gasteiger partial charge in [0.1, 0.15) is 13.2 Å². The van der Waals surface area contributed by atoms with Gasteiger partial charge in [-0.2, -0.15) is 0 Å².